The Morgan fingerprint density at radius 1 is 0.828 bits per heavy atom. The normalized spacial score (nSPS) is 10.2. The Morgan fingerprint density at radius 3 is 2.31 bits per heavy atom. The summed E-state index contributed by atoms with van der Waals surface area (Å²) in [7, 11) is 0. The number of carbonyl (C=O) groups excluding carboxylic acids is 2. The Balaban J connectivity index is 1.46. The number of carbonyl (C=O) groups is 2. The first-order valence-electron chi connectivity index (χ1n) is 8.84. The predicted octanol–water partition coefficient (Wildman–Crippen LogP) is 5.20. The minimum atomic E-state index is -0.246. The molecule has 2 N–H and O–H groups in total. The highest BCUT2D eigenvalue weighted by Gasteiger charge is 2.07. The van der Waals surface area contributed by atoms with E-state index in [1.807, 2.05) is 60.7 Å². The highest BCUT2D eigenvalue weighted by atomic mass is 79.9. The van der Waals surface area contributed by atoms with Crippen molar-refractivity contribution in [1.29, 1.82) is 0 Å². The molecule has 0 aliphatic rings. The van der Waals surface area contributed by atoms with Gasteiger partial charge in [0, 0.05) is 20.7 Å². The highest BCUT2D eigenvalue weighted by molar-refractivity contribution is 9.10. The number of amides is 2. The Hall–Kier alpha value is -2.77. The second kappa shape index (κ2) is 10.7. The number of anilines is 2. The monoisotopic (exact) mass is 470 g/mol. The number of hydrogen-bond donors (Lipinski definition) is 2. The smallest absolute Gasteiger partial charge is 0.262 e. The Bertz CT molecular complexity index is 965. The van der Waals surface area contributed by atoms with Gasteiger partial charge in [-0.1, -0.05) is 40.2 Å². The average Bonchev–Trinajstić information content (AvgIpc) is 2.73. The molecule has 3 aromatic carbocycles. The molecule has 0 unspecified atom stereocenters. The van der Waals surface area contributed by atoms with Crippen molar-refractivity contribution >= 4 is 50.9 Å². The molecule has 0 heterocycles. The van der Waals surface area contributed by atoms with Gasteiger partial charge in [0.2, 0.25) is 5.91 Å². The molecule has 7 heteroatoms. The summed E-state index contributed by atoms with van der Waals surface area (Å²) in [5.74, 6) is 0.570. The number of thioether (sulfide) groups is 1. The first-order chi connectivity index (χ1) is 14.1. The van der Waals surface area contributed by atoms with Crippen molar-refractivity contribution in [3.8, 4) is 5.75 Å². The number of para-hydroxylation sites is 1. The zero-order chi connectivity index (χ0) is 20.5. The molecule has 3 rings (SSSR count). The Morgan fingerprint density at radius 2 is 1.55 bits per heavy atom. The van der Waals surface area contributed by atoms with E-state index in [4.69, 9.17) is 4.74 Å². The van der Waals surface area contributed by atoms with Gasteiger partial charge >= 0.3 is 0 Å². The second-order valence-electron chi connectivity index (χ2n) is 6.02. The zero-order valence-corrected chi connectivity index (χ0v) is 17.8. The molecule has 0 radical (unpaired) electrons. The quantitative estimate of drug-likeness (QED) is 0.444. The van der Waals surface area contributed by atoms with Crippen LogP contribution in [0.4, 0.5) is 11.4 Å². The maximum atomic E-state index is 12.1. The van der Waals surface area contributed by atoms with Crippen molar-refractivity contribution in [1.82, 2.24) is 0 Å². The van der Waals surface area contributed by atoms with Crippen molar-refractivity contribution in [2.24, 2.45) is 0 Å². The molecule has 0 aliphatic heterocycles. The van der Waals surface area contributed by atoms with Gasteiger partial charge in [-0.25, -0.2) is 0 Å². The predicted molar refractivity (Wildman–Crippen MR) is 121 cm³/mol. The van der Waals surface area contributed by atoms with E-state index in [1.165, 1.54) is 11.8 Å². The maximum absolute atomic E-state index is 12.1. The van der Waals surface area contributed by atoms with Gasteiger partial charge in [0.05, 0.1) is 5.75 Å². The first-order valence-corrected chi connectivity index (χ1v) is 10.6. The van der Waals surface area contributed by atoms with Gasteiger partial charge in [0.1, 0.15) is 5.75 Å². The summed E-state index contributed by atoms with van der Waals surface area (Å²) in [5, 5.41) is 5.65. The van der Waals surface area contributed by atoms with E-state index >= 15 is 0 Å². The summed E-state index contributed by atoms with van der Waals surface area (Å²) in [4.78, 5) is 25.1. The summed E-state index contributed by atoms with van der Waals surface area (Å²) >= 11 is 4.76. The molecule has 29 heavy (non-hydrogen) atoms. The van der Waals surface area contributed by atoms with Crippen LogP contribution in [0.2, 0.25) is 0 Å². The summed E-state index contributed by atoms with van der Waals surface area (Å²) < 4.78 is 6.40. The van der Waals surface area contributed by atoms with Crippen LogP contribution in [-0.4, -0.2) is 24.2 Å². The molecule has 0 aromatic heterocycles. The number of ether oxygens (including phenoxy) is 1. The van der Waals surface area contributed by atoms with Crippen LogP contribution in [0, 0.1) is 0 Å². The lowest BCUT2D eigenvalue weighted by atomic mass is 10.3. The molecule has 0 bridgehead atoms. The van der Waals surface area contributed by atoms with Crippen LogP contribution in [0.15, 0.2) is 88.2 Å². The molecular weight excluding hydrogens is 452 g/mol. The second-order valence-corrected chi connectivity index (χ2v) is 7.99. The van der Waals surface area contributed by atoms with E-state index < -0.39 is 0 Å². The van der Waals surface area contributed by atoms with Gasteiger partial charge in [-0.15, -0.1) is 11.8 Å². The number of hydrogen-bond acceptors (Lipinski definition) is 4. The van der Waals surface area contributed by atoms with Crippen LogP contribution in [0.5, 0.6) is 5.75 Å². The van der Waals surface area contributed by atoms with Gasteiger partial charge in [-0.3, -0.25) is 9.59 Å². The molecule has 0 spiro atoms. The van der Waals surface area contributed by atoms with Crippen molar-refractivity contribution in [2.45, 2.75) is 4.90 Å². The van der Waals surface area contributed by atoms with Crippen molar-refractivity contribution in [3.05, 3.63) is 83.3 Å². The third kappa shape index (κ3) is 7.29. The van der Waals surface area contributed by atoms with E-state index in [0.717, 1.165) is 15.1 Å². The molecule has 0 aliphatic carbocycles. The number of nitrogens with one attached hydrogen (secondary N) is 2. The molecule has 0 saturated carbocycles. The Labute approximate surface area is 182 Å². The van der Waals surface area contributed by atoms with Crippen LogP contribution in [0.3, 0.4) is 0 Å². The van der Waals surface area contributed by atoms with Crippen LogP contribution >= 0.6 is 27.7 Å². The average molecular weight is 471 g/mol. The van der Waals surface area contributed by atoms with E-state index in [1.54, 1.807) is 18.2 Å². The van der Waals surface area contributed by atoms with Crippen LogP contribution in [0.25, 0.3) is 0 Å². The van der Waals surface area contributed by atoms with Gasteiger partial charge in [0.25, 0.3) is 5.91 Å². The maximum Gasteiger partial charge on any atom is 0.262 e. The summed E-state index contributed by atoms with van der Waals surface area (Å²) in [6.07, 6.45) is 0. The lowest BCUT2D eigenvalue weighted by molar-refractivity contribution is -0.118. The number of rotatable bonds is 8. The minimum Gasteiger partial charge on any atom is -0.484 e. The molecule has 0 atom stereocenters. The van der Waals surface area contributed by atoms with Crippen molar-refractivity contribution in [3.63, 3.8) is 0 Å². The van der Waals surface area contributed by atoms with Gasteiger partial charge in [-0.2, -0.15) is 0 Å². The summed E-state index contributed by atoms with van der Waals surface area (Å²) in [6, 6.07) is 23.9. The fourth-order valence-electron chi connectivity index (χ4n) is 2.41. The Kier molecular flexibility index (Phi) is 7.72. The molecule has 0 saturated heterocycles. The summed E-state index contributed by atoms with van der Waals surface area (Å²) in [6.45, 7) is -0.0724. The summed E-state index contributed by atoms with van der Waals surface area (Å²) in [5.41, 5.74) is 1.41. The molecule has 3 aromatic rings. The van der Waals surface area contributed by atoms with E-state index in [0.29, 0.717) is 11.4 Å². The lowest BCUT2D eigenvalue weighted by Crippen LogP contribution is -2.20. The third-order valence-corrected chi connectivity index (χ3v) is 5.25. The minimum absolute atomic E-state index is 0.0724. The van der Waals surface area contributed by atoms with Gasteiger partial charge in [-0.05, 0) is 54.6 Å². The van der Waals surface area contributed by atoms with E-state index in [2.05, 4.69) is 26.6 Å². The third-order valence-electron chi connectivity index (χ3n) is 3.73. The fraction of sp³-hybridized carbons (Fsp3) is 0.0909. The van der Waals surface area contributed by atoms with Crippen molar-refractivity contribution < 1.29 is 14.3 Å². The topological polar surface area (TPSA) is 67.4 Å². The highest BCUT2D eigenvalue weighted by Crippen LogP contribution is 2.22. The van der Waals surface area contributed by atoms with Crippen LogP contribution < -0.4 is 15.4 Å². The SMILES string of the molecule is O=C(COc1ccccc1)Nc1cccc(SCC(=O)Nc2ccc(Br)cc2)c1. The van der Waals surface area contributed by atoms with Gasteiger partial charge in [0.15, 0.2) is 6.61 Å². The van der Waals surface area contributed by atoms with Crippen LogP contribution in [-0.2, 0) is 9.59 Å². The van der Waals surface area contributed by atoms with Crippen LogP contribution in [0.1, 0.15) is 0 Å². The van der Waals surface area contributed by atoms with Crippen molar-refractivity contribution in [2.75, 3.05) is 23.0 Å². The lowest BCUT2D eigenvalue weighted by Gasteiger charge is -2.09. The largest absolute Gasteiger partial charge is 0.484 e. The molecule has 148 valence electrons. The number of halogens is 1. The first kappa shape index (κ1) is 21.0. The number of benzene rings is 3. The van der Waals surface area contributed by atoms with E-state index in [9.17, 15) is 9.59 Å². The molecule has 0 fully saturated rings. The standard InChI is InChI=1S/C22H19BrN2O3S/c23-16-9-11-17(12-10-16)24-22(27)15-29-20-8-4-5-18(13-20)25-21(26)14-28-19-6-2-1-3-7-19/h1-13H,14-15H2,(H,24,27)(H,25,26). The molecular formula is C22H19BrN2O3S. The fourth-order valence-corrected chi connectivity index (χ4v) is 3.42. The zero-order valence-electron chi connectivity index (χ0n) is 15.4. The molecule has 5 nitrogen and oxygen atoms in total. The van der Waals surface area contributed by atoms with E-state index in [-0.39, 0.29) is 24.2 Å². The van der Waals surface area contributed by atoms with Gasteiger partial charge < -0.3 is 15.4 Å². The molecule has 2 amide bonds.